The van der Waals surface area contributed by atoms with Crippen LogP contribution in [0, 0.1) is 0 Å². The molecule has 34 heavy (non-hydrogen) atoms. The fourth-order valence-corrected chi connectivity index (χ4v) is 3.75. The first-order valence-electron chi connectivity index (χ1n) is 10.8. The van der Waals surface area contributed by atoms with Gasteiger partial charge in [-0.05, 0) is 54.3 Å². The van der Waals surface area contributed by atoms with Crippen molar-refractivity contribution in [3.8, 4) is 5.82 Å². The fourth-order valence-electron chi connectivity index (χ4n) is 3.75. The third kappa shape index (κ3) is 4.93. The molecule has 1 fully saturated rings. The summed E-state index contributed by atoms with van der Waals surface area (Å²) in [5.41, 5.74) is 10.0. The van der Waals surface area contributed by atoms with Crippen LogP contribution in [0.1, 0.15) is 58.3 Å². The number of carbonyl (C=O) groups is 2. The summed E-state index contributed by atoms with van der Waals surface area (Å²) in [7, 11) is 1.32. The summed E-state index contributed by atoms with van der Waals surface area (Å²) >= 11 is 0. The Kier molecular flexibility index (Phi) is 6.92. The zero-order valence-corrected chi connectivity index (χ0v) is 18.8. The Morgan fingerprint density at radius 2 is 2.09 bits per heavy atom. The number of likely N-dealkylation sites (tertiary alicyclic amines) is 1. The van der Waals surface area contributed by atoms with Gasteiger partial charge in [0.25, 0.3) is 5.91 Å². The average Bonchev–Trinajstić information content (AvgIpc) is 3.46. The molecule has 13 nitrogen and oxygen atoms in total. The quantitative estimate of drug-likeness (QED) is 0.292. The Labute approximate surface area is 194 Å². The lowest BCUT2D eigenvalue weighted by Gasteiger charge is -2.33. The monoisotopic (exact) mass is 467 g/mol. The number of aromatic nitrogens is 5. The second kappa shape index (κ2) is 10.2. The van der Waals surface area contributed by atoms with E-state index in [9.17, 15) is 9.59 Å². The number of anilines is 1. The number of carbonyl (C=O) groups excluding carboxylic acids is 2. The number of rotatable bonds is 7. The van der Waals surface area contributed by atoms with Crippen LogP contribution in [0.4, 0.5) is 5.82 Å². The third-order valence-electron chi connectivity index (χ3n) is 5.68. The molecule has 178 valence electrons. The summed E-state index contributed by atoms with van der Waals surface area (Å²) in [5, 5.41) is 19.5. The molecule has 1 amide bonds. The summed E-state index contributed by atoms with van der Waals surface area (Å²) in [6.45, 7) is 3.45. The number of nitrogens with one attached hydrogen (secondary N) is 1. The van der Waals surface area contributed by atoms with Gasteiger partial charge in [0.2, 0.25) is 11.6 Å². The van der Waals surface area contributed by atoms with Crippen LogP contribution in [0.2, 0.25) is 0 Å². The van der Waals surface area contributed by atoms with Gasteiger partial charge < -0.3 is 10.5 Å². The Balaban J connectivity index is 1.53. The van der Waals surface area contributed by atoms with Crippen molar-refractivity contribution >= 4 is 23.9 Å². The highest BCUT2D eigenvalue weighted by atomic mass is 16.6. The van der Waals surface area contributed by atoms with Gasteiger partial charge in [-0.3, -0.25) is 9.69 Å². The highest BCUT2D eigenvalue weighted by molar-refractivity contribution is 5.94. The van der Waals surface area contributed by atoms with Crippen LogP contribution in [0.25, 0.3) is 5.82 Å². The molecule has 0 aliphatic carbocycles. The number of hydrogen-bond acceptors (Lipinski definition) is 11. The normalized spacial score (nSPS) is 16.6. The van der Waals surface area contributed by atoms with Gasteiger partial charge in [0.15, 0.2) is 5.69 Å². The van der Waals surface area contributed by atoms with E-state index < -0.39 is 11.9 Å². The molecule has 1 aliphatic rings. The van der Waals surface area contributed by atoms with Crippen molar-refractivity contribution in [2.45, 2.75) is 38.8 Å². The van der Waals surface area contributed by atoms with Gasteiger partial charge in [0.1, 0.15) is 0 Å². The van der Waals surface area contributed by atoms with Gasteiger partial charge >= 0.3 is 5.97 Å². The van der Waals surface area contributed by atoms with E-state index in [0.29, 0.717) is 29.4 Å². The van der Waals surface area contributed by atoms with Crippen LogP contribution in [0.3, 0.4) is 0 Å². The number of amides is 1. The zero-order valence-electron chi connectivity index (χ0n) is 18.8. The van der Waals surface area contributed by atoms with Crippen LogP contribution >= 0.6 is 0 Å². The zero-order chi connectivity index (χ0) is 24.1. The van der Waals surface area contributed by atoms with E-state index in [-0.39, 0.29) is 17.3 Å². The first-order chi connectivity index (χ1) is 16.5. The van der Waals surface area contributed by atoms with E-state index in [1.807, 2.05) is 0 Å². The predicted octanol–water partition coefficient (Wildman–Crippen LogP) is 1.16. The second-order valence-electron chi connectivity index (χ2n) is 7.90. The van der Waals surface area contributed by atoms with Crippen molar-refractivity contribution in [2.24, 2.45) is 5.10 Å². The number of nitrogen functional groups attached to an aromatic ring is 1. The molecule has 1 saturated heterocycles. The summed E-state index contributed by atoms with van der Waals surface area (Å²) in [6, 6.07) is 6.92. The molecule has 0 saturated carbocycles. The molecule has 13 heteroatoms. The van der Waals surface area contributed by atoms with E-state index in [4.69, 9.17) is 10.4 Å². The van der Waals surface area contributed by atoms with Crippen molar-refractivity contribution in [2.75, 3.05) is 19.4 Å². The van der Waals surface area contributed by atoms with E-state index in [2.05, 4.69) is 47.7 Å². The van der Waals surface area contributed by atoms with E-state index in [1.54, 1.807) is 24.3 Å². The maximum Gasteiger partial charge on any atom is 0.337 e. The van der Waals surface area contributed by atoms with Crippen LogP contribution in [-0.2, 0) is 11.3 Å². The van der Waals surface area contributed by atoms with Gasteiger partial charge in [-0.25, -0.2) is 14.8 Å². The van der Waals surface area contributed by atoms with Gasteiger partial charge in [-0.2, -0.15) is 9.78 Å². The minimum atomic E-state index is -0.539. The molecule has 0 spiro atoms. The number of benzene rings is 1. The Hall–Kier alpha value is -4.13. The van der Waals surface area contributed by atoms with Gasteiger partial charge in [-0.1, -0.05) is 23.8 Å². The molecule has 3 heterocycles. The fraction of sp³-hybridized carbons (Fsp3) is 0.381. The Bertz CT molecular complexity index is 1190. The maximum absolute atomic E-state index is 12.9. The highest BCUT2D eigenvalue weighted by Gasteiger charge is 2.28. The van der Waals surface area contributed by atoms with E-state index in [1.165, 1.54) is 18.0 Å². The standard InChI is InChI=1S/C21H25N9O4/c1-13-5-3-4-10-29(13)12-16-17(24-28-30(16)19-18(22)26-34-27-19)20(31)25-23-11-14-6-8-15(9-7-14)21(32)33-2/h6-9,11,13H,3-5,10,12H2,1-2H3,(H2,22,26)(H,25,31)/b23-11+/t13-/m0/s1. The van der Waals surface area contributed by atoms with Crippen LogP contribution in [0.15, 0.2) is 34.0 Å². The lowest BCUT2D eigenvalue weighted by Crippen LogP contribution is -2.38. The molecular weight excluding hydrogens is 442 g/mol. The Morgan fingerprint density at radius 1 is 1.29 bits per heavy atom. The smallest absolute Gasteiger partial charge is 0.337 e. The number of hydrogen-bond donors (Lipinski definition) is 2. The number of ether oxygens (including phenoxy) is 1. The molecule has 0 unspecified atom stereocenters. The molecule has 1 atom stereocenters. The second-order valence-corrected chi connectivity index (χ2v) is 7.90. The lowest BCUT2D eigenvalue weighted by molar-refractivity contribution is 0.0600. The number of esters is 1. The van der Waals surface area contributed by atoms with Crippen molar-refractivity contribution in [3.63, 3.8) is 0 Å². The van der Waals surface area contributed by atoms with Crippen molar-refractivity contribution < 1.29 is 19.0 Å². The number of nitrogens with zero attached hydrogens (tertiary/aromatic N) is 7. The van der Waals surface area contributed by atoms with Gasteiger partial charge in [-0.15, -0.1) is 5.10 Å². The molecule has 2 aromatic heterocycles. The summed E-state index contributed by atoms with van der Waals surface area (Å²) in [6.07, 6.45) is 4.75. The largest absolute Gasteiger partial charge is 0.465 e. The number of piperidine rings is 1. The van der Waals surface area contributed by atoms with Crippen molar-refractivity contribution in [3.05, 3.63) is 46.8 Å². The van der Waals surface area contributed by atoms with Crippen molar-refractivity contribution in [1.29, 1.82) is 0 Å². The minimum absolute atomic E-state index is 0.0400. The van der Waals surface area contributed by atoms with Crippen molar-refractivity contribution in [1.82, 2.24) is 35.6 Å². The van der Waals surface area contributed by atoms with Crippen LogP contribution < -0.4 is 11.2 Å². The molecule has 3 aromatic rings. The van der Waals surface area contributed by atoms with E-state index in [0.717, 1.165) is 25.8 Å². The third-order valence-corrected chi connectivity index (χ3v) is 5.68. The van der Waals surface area contributed by atoms with Gasteiger partial charge in [0, 0.05) is 12.6 Å². The SMILES string of the molecule is COC(=O)c1ccc(/C=N/NC(=O)c2nnn(-c3nonc3N)c2CN2CCCC[C@@H]2C)cc1. The van der Waals surface area contributed by atoms with E-state index >= 15 is 0 Å². The lowest BCUT2D eigenvalue weighted by atomic mass is 10.0. The molecular formula is C21H25N9O4. The molecule has 1 aromatic carbocycles. The number of methoxy groups -OCH3 is 1. The molecule has 0 radical (unpaired) electrons. The molecule has 4 rings (SSSR count). The summed E-state index contributed by atoms with van der Waals surface area (Å²) in [5.74, 6) is -0.764. The predicted molar refractivity (Wildman–Crippen MR) is 120 cm³/mol. The number of nitrogens with two attached hydrogens (primary N) is 1. The number of hydrazone groups is 1. The van der Waals surface area contributed by atoms with Crippen LogP contribution in [0.5, 0.6) is 0 Å². The van der Waals surface area contributed by atoms with Crippen LogP contribution in [-0.4, -0.2) is 68.0 Å². The molecule has 1 aliphatic heterocycles. The highest BCUT2D eigenvalue weighted by Crippen LogP contribution is 2.22. The first kappa shape index (κ1) is 23.0. The first-order valence-corrected chi connectivity index (χ1v) is 10.8. The Morgan fingerprint density at radius 3 is 2.76 bits per heavy atom. The topological polar surface area (TPSA) is 167 Å². The molecule has 0 bridgehead atoms. The summed E-state index contributed by atoms with van der Waals surface area (Å²) < 4.78 is 10.7. The summed E-state index contributed by atoms with van der Waals surface area (Å²) in [4.78, 5) is 26.7. The minimum Gasteiger partial charge on any atom is -0.465 e. The molecule has 3 N–H and O–H groups in total. The average molecular weight is 467 g/mol. The van der Waals surface area contributed by atoms with Gasteiger partial charge in [0.05, 0.1) is 24.6 Å². The maximum atomic E-state index is 12.9.